The molecule has 0 atom stereocenters. The Balaban J connectivity index is 0.000000224. The number of alkyl halides is 3. The molecule has 1 aromatic heterocycles. The molecule has 2 aromatic rings. The lowest BCUT2D eigenvalue weighted by Crippen LogP contribution is -2.21. The second-order valence-electron chi connectivity index (χ2n) is 3.47. The molecule has 0 unspecified atom stereocenters. The molecular weight excluding hydrogens is 265 g/mol. The fourth-order valence-corrected chi connectivity index (χ4v) is 1.21. The highest BCUT2D eigenvalue weighted by Gasteiger charge is 2.38. The van der Waals surface area contributed by atoms with Gasteiger partial charge in [0.2, 0.25) is 5.91 Å². The van der Waals surface area contributed by atoms with Gasteiger partial charge < -0.3 is 15.8 Å². The fourth-order valence-electron chi connectivity index (χ4n) is 1.21. The molecule has 1 aromatic carbocycles. The maximum atomic E-state index is 10.8. The van der Waals surface area contributed by atoms with Crippen LogP contribution in [0.3, 0.4) is 0 Å². The number of aromatic nitrogens is 1. The fraction of sp³-hybridized carbons (Fsp3) is 0.0909. The number of nitrogens with two attached hydrogens (primary N) is 1. The highest BCUT2D eigenvalue weighted by molar-refractivity contribution is 5.97. The zero-order valence-corrected chi connectivity index (χ0v) is 9.36. The molecule has 0 radical (unpaired) electrons. The Morgan fingerprint density at radius 2 is 1.68 bits per heavy atom. The summed E-state index contributed by atoms with van der Waals surface area (Å²) < 4.78 is 31.7. The van der Waals surface area contributed by atoms with Crippen LogP contribution in [-0.2, 0) is 4.79 Å². The molecule has 1 heterocycles. The first-order chi connectivity index (χ1) is 8.71. The Hall–Kier alpha value is -2.51. The third-order valence-electron chi connectivity index (χ3n) is 2.09. The minimum absolute atomic E-state index is 0.391. The Morgan fingerprint density at radius 3 is 2.16 bits per heavy atom. The molecule has 0 saturated heterocycles. The van der Waals surface area contributed by atoms with Gasteiger partial charge in [0.25, 0.3) is 0 Å². The van der Waals surface area contributed by atoms with E-state index in [1.165, 1.54) is 0 Å². The van der Waals surface area contributed by atoms with Gasteiger partial charge in [0.1, 0.15) is 0 Å². The molecule has 0 aliphatic carbocycles. The average Bonchev–Trinajstić information content (AvgIpc) is 2.74. The highest BCUT2D eigenvalue weighted by Crippen LogP contribution is 2.14. The quantitative estimate of drug-likeness (QED) is 0.741. The van der Waals surface area contributed by atoms with E-state index in [9.17, 15) is 18.0 Å². The summed E-state index contributed by atoms with van der Waals surface area (Å²) in [4.78, 5) is 22.6. The molecule has 0 saturated carbocycles. The van der Waals surface area contributed by atoms with Gasteiger partial charge in [-0.15, -0.1) is 0 Å². The summed E-state index contributed by atoms with van der Waals surface area (Å²) in [5.41, 5.74) is 5.67. The summed E-state index contributed by atoms with van der Waals surface area (Å²) in [6, 6.07) is 5.36. The number of benzene rings is 1. The van der Waals surface area contributed by atoms with Gasteiger partial charge in [0.05, 0.1) is 0 Å². The van der Waals surface area contributed by atoms with Gasteiger partial charge in [-0.1, -0.05) is 6.07 Å². The molecule has 5 nitrogen and oxygen atoms in total. The lowest BCUT2D eigenvalue weighted by atomic mass is 10.1. The Morgan fingerprint density at radius 1 is 1.16 bits per heavy atom. The van der Waals surface area contributed by atoms with E-state index >= 15 is 0 Å². The SMILES string of the molecule is NC(=O)c1ccc2c[nH]cc2c1.O=C(O)C(F)(F)F. The lowest BCUT2D eigenvalue weighted by molar-refractivity contribution is -0.192. The molecule has 1 amide bonds. The summed E-state index contributed by atoms with van der Waals surface area (Å²) in [6.07, 6.45) is -1.37. The zero-order chi connectivity index (χ0) is 14.6. The van der Waals surface area contributed by atoms with Crippen molar-refractivity contribution < 1.29 is 27.9 Å². The van der Waals surface area contributed by atoms with Crippen molar-refractivity contribution in [2.24, 2.45) is 5.73 Å². The number of carboxylic acid groups (broad SMARTS) is 1. The number of H-pyrrole nitrogens is 1. The van der Waals surface area contributed by atoms with Crippen LogP contribution in [0.5, 0.6) is 0 Å². The van der Waals surface area contributed by atoms with Crippen LogP contribution in [0.1, 0.15) is 10.4 Å². The summed E-state index contributed by atoms with van der Waals surface area (Å²) in [5.74, 6) is -3.15. The first kappa shape index (κ1) is 14.6. The Labute approximate surface area is 104 Å². The summed E-state index contributed by atoms with van der Waals surface area (Å²) in [5, 5.41) is 9.21. The van der Waals surface area contributed by atoms with Crippen molar-refractivity contribution in [2.75, 3.05) is 0 Å². The Bertz CT molecular complexity index is 604. The number of amides is 1. The number of rotatable bonds is 1. The molecule has 4 N–H and O–H groups in total. The number of fused-ring (bicyclic) bond motifs is 1. The van der Waals surface area contributed by atoms with E-state index in [1.807, 2.05) is 18.5 Å². The molecule has 2 rings (SSSR count). The normalized spacial score (nSPS) is 10.7. The van der Waals surface area contributed by atoms with Gasteiger partial charge in [-0.3, -0.25) is 4.79 Å². The number of hydrogen-bond acceptors (Lipinski definition) is 2. The monoisotopic (exact) mass is 274 g/mol. The first-order valence-electron chi connectivity index (χ1n) is 4.88. The van der Waals surface area contributed by atoms with E-state index in [4.69, 9.17) is 15.6 Å². The number of carboxylic acids is 1. The van der Waals surface area contributed by atoms with Crippen LogP contribution in [0.4, 0.5) is 13.2 Å². The van der Waals surface area contributed by atoms with Crippen molar-refractivity contribution in [1.82, 2.24) is 4.98 Å². The van der Waals surface area contributed by atoms with Gasteiger partial charge in [0, 0.05) is 18.0 Å². The van der Waals surface area contributed by atoms with Crippen molar-refractivity contribution in [2.45, 2.75) is 6.18 Å². The second kappa shape index (κ2) is 5.42. The van der Waals surface area contributed by atoms with Crippen LogP contribution in [0.25, 0.3) is 10.8 Å². The van der Waals surface area contributed by atoms with Gasteiger partial charge in [0.15, 0.2) is 0 Å². The minimum Gasteiger partial charge on any atom is -0.475 e. The van der Waals surface area contributed by atoms with Gasteiger partial charge >= 0.3 is 12.1 Å². The molecule has 0 aliphatic heterocycles. The van der Waals surface area contributed by atoms with E-state index in [2.05, 4.69) is 4.98 Å². The van der Waals surface area contributed by atoms with E-state index in [0.29, 0.717) is 5.56 Å². The number of halogens is 3. The van der Waals surface area contributed by atoms with Gasteiger partial charge in [-0.2, -0.15) is 13.2 Å². The topological polar surface area (TPSA) is 96.2 Å². The van der Waals surface area contributed by atoms with Crippen molar-refractivity contribution in [3.63, 3.8) is 0 Å². The van der Waals surface area contributed by atoms with Crippen molar-refractivity contribution in [3.8, 4) is 0 Å². The number of aromatic amines is 1. The van der Waals surface area contributed by atoms with Crippen molar-refractivity contribution in [3.05, 3.63) is 36.2 Å². The third kappa shape index (κ3) is 4.02. The molecule has 8 heteroatoms. The number of carbonyl (C=O) groups excluding carboxylic acids is 1. The first-order valence-corrected chi connectivity index (χ1v) is 4.88. The zero-order valence-electron chi connectivity index (χ0n) is 9.36. The average molecular weight is 274 g/mol. The smallest absolute Gasteiger partial charge is 0.475 e. The van der Waals surface area contributed by atoms with Crippen LogP contribution >= 0.6 is 0 Å². The number of hydrogen-bond donors (Lipinski definition) is 3. The minimum atomic E-state index is -5.08. The number of aliphatic carboxylic acids is 1. The maximum absolute atomic E-state index is 10.8. The molecule has 0 fully saturated rings. The summed E-state index contributed by atoms with van der Waals surface area (Å²) in [7, 11) is 0. The number of carbonyl (C=O) groups is 2. The molecule has 0 aliphatic rings. The predicted octanol–water partition coefficient (Wildman–Crippen LogP) is 1.90. The van der Waals surface area contributed by atoms with Gasteiger partial charge in [-0.25, -0.2) is 4.79 Å². The van der Waals surface area contributed by atoms with Crippen molar-refractivity contribution >= 4 is 22.6 Å². The molecule has 102 valence electrons. The Kier molecular flexibility index (Phi) is 4.15. The van der Waals surface area contributed by atoms with Crippen molar-refractivity contribution in [1.29, 1.82) is 0 Å². The molecule has 0 bridgehead atoms. The largest absolute Gasteiger partial charge is 0.490 e. The molecule has 0 spiro atoms. The standard InChI is InChI=1S/C9H8N2O.C2HF3O2/c10-9(12)6-1-2-7-4-11-5-8(7)3-6;3-2(4,5)1(6)7/h1-5,11H,(H2,10,12);(H,6,7). The second-order valence-corrected chi connectivity index (χ2v) is 3.47. The van der Waals surface area contributed by atoms with Crippen LogP contribution < -0.4 is 5.73 Å². The maximum Gasteiger partial charge on any atom is 0.490 e. The lowest BCUT2D eigenvalue weighted by Gasteiger charge is -1.93. The predicted molar refractivity (Wildman–Crippen MR) is 60.5 cm³/mol. The molecule has 19 heavy (non-hydrogen) atoms. The van der Waals surface area contributed by atoms with Gasteiger partial charge in [-0.05, 0) is 22.9 Å². The third-order valence-corrected chi connectivity index (χ3v) is 2.09. The number of nitrogens with one attached hydrogen (secondary N) is 1. The summed E-state index contributed by atoms with van der Waals surface area (Å²) in [6.45, 7) is 0. The van der Waals surface area contributed by atoms with Crippen LogP contribution in [0.2, 0.25) is 0 Å². The molecular formula is C11H9F3N2O3. The van der Waals surface area contributed by atoms with E-state index in [-0.39, 0.29) is 0 Å². The van der Waals surface area contributed by atoms with Crippen LogP contribution in [-0.4, -0.2) is 28.1 Å². The van der Waals surface area contributed by atoms with E-state index < -0.39 is 18.1 Å². The highest BCUT2D eigenvalue weighted by atomic mass is 19.4. The van der Waals surface area contributed by atoms with Crippen LogP contribution in [0, 0.1) is 0 Å². The van der Waals surface area contributed by atoms with E-state index in [1.54, 1.807) is 12.1 Å². The summed E-state index contributed by atoms with van der Waals surface area (Å²) >= 11 is 0. The number of primary amides is 1. The van der Waals surface area contributed by atoms with Crippen LogP contribution in [0.15, 0.2) is 30.6 Å². The van der Waals surface area contributed by atoms with E-state index in [0.717, 1.165) is 10.8 Å².